The number of nitrogens with one attached hydrogen (secondary N) is 1. The zero-order valence-corrected chi connectivity index (χ0v) is 21.5. The van der Waals surface area contributed by atoms with Crippen molar-refractivity contribution in [3.63, 3.8) is 0 Å². The predicted molar refractivity (Wildman–Crippen MR) is 145 cm³/mol. The minimum atomic E-state index is -1.19. The van der Waals surface area contributed by atoms with Gasteiger partial charge in [-0.25, -0.2) is 4.79 Å². The molecule has 4 rings (SSSR count). The van der Waals surface area contributed by atoms with Crippen LogP contribution in [0.3, 0.4) is 0 Å². The molecule has 6 nitrogen and oxygen atoms in total. The van der Waals surface area contributed by atoms with Crippen molar-refractivity contribution >= 4 is 17.8 Å². The van der Waals surface area contributed by atoms with Crippen LogP contribution in [-0.4, -0.2) is 40.7 Å². The van der Waals surface area contributed by atoms with Crippen LogP contribution < -0.4 is 5.32 Å². The number of imide groups is 1. The Bertz CT molecular complexity index is 1260. The van der Waals surface area contributed by atoms with Crippen LogP contribution in [0.4, 0.5) is 4.79 Å². The van der Waals surface area contributed by atoms with E-state index in [1.54, 1.807) is 49.2 Å². The molecule has 0 unspecified atom stereocenters. The molecule has 1 N–H and O–H groups in total. The Morgan fingerprint density at radius 1 is 0.973 bits per heavy atom. The van der Waals surface area contributed by atoms with Crippen molar-refractivity contribution in [3.05, 3.63) is 120 Å². The first-order chi connectivity index (χ1) is 17.8. The average Bonchev–Trinajstić information content (AvgIpc) is 3.16. The van der Waals surface area contributed by atoms with Crippen LogP contribution in [0.25, 0.3) is 0 Å². The van der Waals surface area contributed by atoms with Crippen LogP contribution in [-0.2, 0) is 4.79 Å². The fourth-order valence-corrected chi connectivity index (χ4v) is 5.15. The van der Waals surface area contributed by atoms with Gasteiger partial charge >= 0.3 is 6.03 Å². The van der Waals surface area contributed by atoms with Crippen molar-refractivity contribution in [1.82, 2.24) is 15.1 Å². The summed E-state index contributed by atoms with van der Waals surface area (Å²) < 4.78 is 0. The van der Waals surface area contributed by atoms with Crippen molar-refractivity contribution < 1.29 is 14.4 Å². The van der Waals surface area contributed by atoms with E-state index in [0.29, 0.717) is 5.56 Å². The first kappa shape index (κ1) is 25.9. The van der Waals surface area contributed by atoms with Crippen molar-refractivity contribution in [2.45, 2.75) is 38.4 Å². The van der Waals surface area contributed by atoms with Crippen molar-refractivity contribution in [2.75, 3.05) is 7.05 Å². The number of carbonyl (C=O) groups excluding carboxylic acids is 3. The third kappa shape index (κ3) is 4.92. The highest BCUT2D eigenvalue weighted by atomic mass is 16.2. The molecule has 4 atom stereocenters. The first-order valence-electron chi connectivity index (χ1n) is 12.5. The van der Waals surface area contributed by atoms with E-state index in [-0.39, 0.29) is 30.3 Å². The summed E-state index contributed by atoms with van der Waals surface area (Å²) in [6, 6.07) is 26.2. The van der Waals surface area contributed by atoms with Gasteiger partial charge in [0.15, 0.2) is 0 Å². The lowest BCUT2D eigenvalue weighted by Crippen LogP contribution is -2.51. The van der Waals surface area contributed by atoms with Crippen LogP contribution in [0, 0.1) is 5.41 Å². The number of nitrogens with zero attached hydrogens (tertiary/aromatic N) is 2. The SMILES string of the molecule is C=CC[C@@](C)(C(=O)N1C(=O)N(C)[C@@H](C)[C@H]1c1ccccc1)[C@H](NC(=O)c1ccccc1)c1ccccc1. The molecule has 1 heterocycles. The lowest BCUT2D eigenvalue weighted by molar-refractivity contribution is -0.141. The van der Waals surface area contributed by atoms with Gasteiger partial charge in [0, 0.05) is 12.6 Å². The molecular formula is C31H33N3O3. The topological polar surface area (TPSA) is 69.7 Å². The normalized spacial score (nSPS) is 19.7. The molecule has 0 radical (unpaired) electrons. The molecule has 0 saturated carbocycles. The summed E-state index contributed by atoms with van der Waals surface area (Å²) in [6.45, 7) is 7.66. The first-order valence-corrected chi connectivity index (χ1v) is 12.5. The number of likely N-dealkylation sites (N-methyl/N-ethyl adjacent to an activating group) is 1. The Kier molecular flexibility index (Phi) is 7.58. The van der Waals surface area contributed by atoms with E-state index < -0.39 is 17.5 Å². The number of hydrogen-bond donors (Lipinski definition) is 1. The highest BCUT2D eigenvalue weighted by molar-refractivity contribution is 6.01. The fourth-order valence-electron chi connectivity index (χ4n) is 5.15. The van der Waals surface area contributed by atoms with Crippen LogP contribution in [0.1, 0.15) is 53.8 Å². The van der Waals surface area contributed by atoms with Crippen LogP contribution >= 0.6 is 0 Å². The average molecular weight is 496 g/mol. The van der Waals surface area contributed by atoms with Crippen molar-refractivity contribution in [3.8, 4) is 0 Å². The minimum absolute atomic E-state index is 0.221. The summed E-state index contributed by atoms with van der Waals surface area (Å²) in [5, 5.41) is 3.11. The number of benzene rings is 3. The molecule has 190 valence electrons. The summed E-state index contributed by atoms with van der Waals surface area (Å²) in [5.41, 5.74) is 0.950. The fraction of sp³-hybridized carbons (Fsp3) is 0.258. The number of hydrogen-bond acceptors (Lipinski definition) is 3. The van der Waals surface area contributed by atoms with Crippen LogP contribution in [0.5, 0.6) is 0 Å². The van der Waals surface area contributed by atoms with Gasteiger partial charge in [-0.1, -0.05) is 84.9 Å². The largest absolute Gasteiger partial charge is 0.344 e. The monoisotopic (exact) mass is 495 g/mol. The predicted octanol–water partition coefficient (Wildman–Crippen LogP) is 5.76. The van der Waals surface area contributed by atoms with E-state index in [9.17, 15) is 14.4 Å². The third-order valence-corrected chi connectivity index (χ3v) is 7.35. The summed E-state index contributed by atoms with van der Waals surface area (Å²) in [6.07, 6.45) is 1.93. The molecule has 0 aromatic heterocycles. The number of amides is 4. The molecule has 1 aliphatic heterocycles. The zero-order chi connectivity index (χ0) is 26.6. The lowest BCUT2D eigenvalue weighted by Gasteiger charge is -2.40. The number of allylic oxidation sites excluding steroid dienone is 1. The molecule has 1 saturated heterocycles. The molecule has 37 heavy (non-hydrogen) atoms. The van der Waals surface area contributed by atoms with Gasteiger partial charge in [0.25, 0.3) is 5.91 Å². The van der Waals surface area contributed by atoms with E-state index >= 15 is 0 Å². The van der Waals surface area contributed by atoms with E-state index in [1.165, 1.54) is 4.90 Å². The standard InChI is InChI=1S/C31H33N3O3/c1-5-21-31(3,27(24-17-11-7-12-18-24)32-28(35)25-19-13-8-14-20-25)29(36)34-26(22(2)33(4)30(34)37)23-15-9-6-10-16-23/h5-20,22,26-27H,1,21H2,2-4H3,(H,32,35)/t22-,26-,27+,31+/m0/s1. The zero-order valence-electron chi connectivity index (χ0n) is 21.5. The Balaban J connectivity index is 1.80. The van der Waals surface area contributed by atoms with E-state index in [1.807, 2.05) is 73.7 Å². The van der Waals surface area contributed by atoms with E-state index in [4.69, 9.17) is 0 Å². The van der Waals surface area contributed by atoms with Gasteiger partial charge in [-0.2, -0.15) is 0 Å². The molecular weight excluding hydrogens is 462 g/mol. The Morgan fingerprint density at radius 2 is 1.51 bits per heavy atom. The molecule has 3 aromatic carbocycles. The highest BCUT2D eigenvalue weighted by Crippen LogP contribution is 2.44. The van der Waals surface area contributed by atoms with Crippen LogP contribution in [0.15, 0.2) is 104 Å². The van der Waals surface area contributed by atoms with E-state index in [0.717, 1.165) is 11.1 Å². The number of rotatable bonds is 8. The Hall–Kier alpha value is -4.19. The third-order valence-electron chi connectivity index (χ3n) is 7.35. The molecule has 0 bridgehead atoms. The van der Waals surface area contributed by atoms with Gasteiger partial charge in [0.2, 0.25) is 5.91 Å². The maximum absolute atomic E-state index is 14.6. The highest BCUT2D eigenvalue weighted by Gasteiger charge is 2.53. The van der Waals surface area contributed by atoms with Gasteiger partial charge < -0.3 is 10.2 Å². The molecule has 4 amide bonds. The molecule has 1 fully saturated rings. The second-order valence-corrected chi connectivity index (χ2v) is 9.76. The van der Waals surface area contributed by atoms with E-state index in [2.05, 4.69) is 11.9 Å². The van der Waals surface area contributed by atoms with Gasteiger partial charge in [-0.05, 0) is 43.5 Å². The Morgan fingerprint density at radius 3 is 2.08 bits per heavy atom. The number of carbonyl (C=O) groups is 3. The molecule has 1 aliphatic rings. The van der Waals surface area contributed by atoms with Crippen molar-refractivity contribution in [2.24, 2.45) is 5.41 Å². The van der Waals surface area contributed by atoms with Crippen molar-refractivity contribution in [1.29, 1.82) is 0 Å². The van der Waals surface area contributed by atoms with Gasteiger partial charge in [0.05, 0.1) is 23.5 Å². The second-order valence-electron chi connectivity index (χ2n) is 9.76. The van der Waals surface area contributed by atoms with Gasteiger partial charge in [-0.3, -0.25) is 14.5 Å². The maximum atomic E-state index is 14.6. The molecule has 0 aliphatic carbocycles. The molecule has 6 heteroatoms. The summed E-state index contributed by atoms with van der Waals surface area (Å²) >= 11 is 0. The molecule has 0 spiro atoms. The summed E-state index contributed by atoms with van der Waals surface area (Å²) in [7, 11) is 1.72. The minimum Gasteiger partial charge on any atom is -0.344 e. The Labute approximate surface area is 218 Å². The second kappa shape index (κ2) is 10.8. The summed E-state index contributed by atoms with van der Waals surface area (Å²) in [4.78, 5) is 44.4. The quantitative estimate of drug-likeness (QED) is 0.404. The van der Waals surface area contributed by atoms with Gasteiger partial charge in [0.1, 0.15) is 0 Å². The number of urea groups is 1. The maximum Gasteiger partial charge on any atom is 0.327 e. The lowest BCUT2D eigenvalue weighted by atomic mass is 9.74. The molecule has 3 aromatic rings. The summed E-state index contributed by atoms with van der Waals surface area (Å²) in [5.74, 6) is -0.653. The smallest absolute Gasteiger partial charge is 0.327 e. The van der Waals surface area contributed by atoms with Gasteiger partial charge in [-0.15, -0.1) is 6.58 Å². The van der Waals surface area contributed by atoms with Crippen LogP contribution in [0.2, 0.25) is 0 Å².